The predicted molar refractivity (Wildman–Crippen MR) is 86.2 cm³/mol. The van der Waals surface area contributed by atoms with Gasteiger partial charge in [0.15, 0.2) is 0 Å². The van der Waals surface area contributed by atoms with Gasteiger partial charge >= 0.3 is 0 Å². The third-order valence-electron chi connectivity index (χ3n) is 5.98. The summed E-state index contributed by atoms with van der Waals surface area (Å²) in [5, 5.41) is 10.8. The van der Waals surface area contributed by atoms with E-state index in [1.807, 2.05) is 0 Å². The summed E-state index contributed by atoms with van der Waals surface area (Å²) in [6, 6.07) is 6.31. The first kappa shape index (κ1) is 15.3. The van der Waals surface area contributed by atoms with Crippen LogP contribution in [0.25, 0.3) is 0 Å². The fourth-order valence-electron chi connectivity index (χ4n) is 4.60. The number of nitro benzene ring substituents is 1. The van der Waals surface area contributed by atoms with E-state index in [1.165, 1.54) is 23.5 Å². The molecule has 1 aromatic rings. The van der Waals surface area contributed by atoms with E-state index in [2.05, 4.69) is 0 Å². The molecule has 2 heterocycles. The van der Waals surface area contributed by atoms with Gasteiger partial charge in [0.1, 0.15) is 0 Å². The summed E-state index contributed by atoms with van der Waals surface area (Å²) in [4.78, 5) is 37.7. The van der Waals surface area contributed by atoms with Gasteiger partial charge in [-0.05, 0) is 31.2 Å². The monoisotopic (exact) mass is 328 g/mol. The predicted octanol–water partition coefficient (Wildman–Crippen LogP) is 2.94. The van der Waals surface area contributed by atoms with Crippen LogP contribution in [0.4, 0.5) is 5.69 Å². The molecule has 0 aromatic heterocycles. The van der Waals surface area contributed by atoms with E-state index in [0.717, 1.165) is 31.2 Å². The third-order valence-corrected chi connectivity index (χ3v) is 5.98. The maximum absolute atomic E-state index is 13.2. The van der Waals surface area contributed by atoms with Crippen molar-refractivity contribution in [3.8, 4) is 0 Å². The number of rotatable bonds is 3. The van der Waals surface area contributed by atoms with Crippen molar-refractivity contribution in [2.75, 3.05) is 0 Å². The highest BCUT2D eigenvalue weighted by atomic mass is 16.6. The molecule has 2 aliphatic carbocycles. The fraction of sp³-hybridized carbons (Fsp3) is 0.556. The van der Waals surface area contributed by atoms with Crippen LogP contribution in [0.3, 0.4) is 0 Å². The van der Waals surface area contributed by atoms with Gasteiger partial charge in [-0.1, -0.05) is 31.4 Å². The van der Waals surface area contributed by atoms with E-state index in [-0.39, 0.29) is 29.5 Å². The molecule has 6 nitrogen and oxygen atoms in total. The van der Waals surface area contributed by atoms with Crippen LogP contribution in [0.1, 0.15) is 50.5 Å². The Morgan fingerprint density at radius 3 is 2.25 bits per heavy atom. The van der Waals surface area contributed by atoms with Crippen molar-refractivity contribution in [2.45, 2.75) is 56.4 Å². The van der Waals surface area contributed by atoms with Crippen molar-refractivity contribution in [1.29, 1.82) is 0 Å². The van der Waals surface area contributed by atoms with E-state index < -0.39 is 10.3 Å². The zero-order chi connectivity index (χ0) is 16.9. The van der Waals surface area contributed by atoms with Crippen LogP contribution >= 0.6 is 0 Å². The quantitative estimate of drug-likeness (QED) is 0.485. The standard InChI is InChI=1S/C18H20N2O4/c21-16-12-10-18(11-12,13-6-8-15(9-7-13)20(23)24)17(22)19(16)14-4-2-1-3-5-14/h6-9,12,14H,1-5,10-11H2. The summed E-state index contributed by atoms with van der Waals surface area (Å²) in [5.74, 6) is -0.161. The molecule has 0 radical (unpaired) electrons. The molecule has 126 valence electrons. The summed E-state index contributed by atoms with van der Waals surface area (Å²) >= 11 is 0. The van der Waals surface area contributed by atoms with E-state index in [4.69, 9.17) is 0 Å². The van der Waals surface area contributed by atoms with Crippen molar-refractivity contribution >= 4 is 17.5 Å². The van der Waals surface area contributed by atoms with Crippen LogP contribution in [0.15, 0.2) is 24.3 Å². The highest BCUT2D eigenvalue weighted by Gasteiger charge is 2.62. The normalized spacial score (nSPS) is 30.2. The van der Waals surface area contributed by atoms with Crippen LogP contribution in [0.2, 0.25) is 0 Å². The number of nitrogens with zero attached hydrogens (tertiary/aromatic N) is 2. The summed E-state index contributed by atoms with van der Waals surface area (Å²) in [7, 11) is 0. The number of hydrogen-bond acceptors (Lipinski definition) is 4. The molecular weight excluding hydrogens is 308 g/mol. The molecule has 2 bridgehead atoms. The second-order valence-corrected chi connectivity index (χ2v) is 7.30. The second kappa shape index (κ2) is 5.40. The van der Waals surface area contributed by atoms with Gasteiger partial charge < -0.3 is 0 Å². The minimum atomic E-state index is -0.648. The molecule has 5 rings (SSSR count). The van der Waals surface area contributed by atoms with Gasteiger partial charge in [-0.15, -0.1) is 0 Å². The minimum absolute atomic E-state index is 0.00399. The molecule has 24 heavy (non-hydrogen) atoms. The summed E-state index contributed by atoms with van der Waals surface area (Å²) in [6.07, 6.45) is 6.20. The molecule has 0 N–H and O–H groups in total. The molecule has 2 saturated heterocycles. The Bertz CT molecular complexity index is 700. The number of imide groups is 1. The average molecular weight is 328 g/mol. The van der Waals surface area contributed by atoms with Crippen LogP contribution in [0, 0.1) is 16.0 Å². The average Bonchev–Trinajstić information content (AvgIpc) is 2.55. The summed E-state index contributed by atoms with van der Waals surface area (Å²) < 4.78 is 0. The Morgan fingerprint density at radius 1 is 1.04 bits per heavy atom. The summed E-state index contributed by atoms with van der Waals surface area (Å²) in [6.45, 7) is 0. The maximum atomic E-state index is 13.2. The van der Waals surface area contributed by atoms with Gasteiger partial charge in [-0.3, -0.25) is 24.6 Å². The first-order valence-corrected chi connectivity index (χ1v) is 8.65. The molecule has 0 atom stereocenters. The molecule has 2 aliphatic heterocycles. The van der Waals surface area contributed by atoms with Crippen molar-refractivity contribution in [2.24, 2.45) is 5.92 Å². The maximum Gasteiger partial charge on any atom is 0.269 e. The topological polar surface area (TPSA) is 80.5 Å². The third kappa shape index (κ3) is 2.08. The van der Waals surface area contributed by atoms with E-state index in [0.29, 0.717) is 12.8 Å². The van der Waals surface area contributed by atoms with Crippen LogP contribution in [-0.4, -0.2) is 27.7 Å². The number of piperidine rings is 2. The number of amides is 2. The number of fused-ring (bicyclic) bond motifs is 2. The SMILES string of the molecule is O=C1C2CC(c3ccc([N+](=O)[O-])cc3)(C2)C(=O)N1C1CCCCC1. The highest BCUT2D eigenvalue weighted by molar-refractivity contribution is 6.08. The van der Waals surface area contributed by atoms with Crippen molar-refractivity contribution in [3.63, 3.8) is 0 Å². The molecular formula is C18H20N2O4. The molecule has 4 aliphatic rings. The van der Waals surface area contributed by atoms with Crippen LogP contribution < -0.4 is 0 Å². The van der Waals surface area contributed by atoms with Gasteiger partial charge in [0, 0.05) is 24.1 Å². The Morgan fingerprint density at radius 2 is 1.67 bits per heavy atom. The van der Waals surface area contributed by atoms with Crippen molar-refractivity contribution in [3.05, 3.63) is 39.9 Å². The lowest BCUT2D eigenvalue weighted by Gasteiger charge is -2.55. The summed E-state index contributed by atoms with van der Waals surface area (Å²) in [5.41, 5.74) is 0.183. The lowest BCUT2D eigenvalue weighted by Crippen LogP contribution is -2.67. The van der Waals surface area contributed by atoms with E-state index in [1.54, 1.807) is 12.1 Å². The Kier molecular flexibility index (Phi) is 3.44. The van der Waals surface area contributed by atoms with Crippen molar-refractivity contribution in [1.82, 2.24) is 4.90 Å². The zero-order valence-corrected chi connectivity index (χ0v) is 13.4. The highest BCUT2D eigenvalue weighted by Crippen LogP contribution is 2.54. The first-order valence-electron chi connectivity index (χ1n) is 8.65. The Balaban J connectivity index is 1.65. The van der Waals surface area contributed by atoms with Crippen LogP contribution in [-0.2, 0) is 15.0 Å². The number of carbonyl (C=O) groups is 2. The zero-order valence-electron chi connectivity index (χ0n) is 13.4. The lowest BCUT2D eigenvalue weighted by atomic mass is 9.54. The fourth-order valence-corrected chi connectivity index (χ4v) is 4.60. The van der Waals surface area contributed by atoms with E-state index >= 15 is 0 Å². The van der Waals surface area contributed by atoms with E-state index in [9.17, 15) is 19.7 Å². The largest absolute Gasteiger partial charge is 0.278 e. The molecule has 2 saturated carbocycles. The van der Waals surface area contributed by atoms with Crippen LogP contribution in [0.5, 0.6) is 0 Å². The molecule has 6 heteroatoms. The van der Waals surface area contributed by atoms with Gasteiger partial charge in [-0.2, -0.15) is 0 Å². The Labute approximate surface area is 140 Å². The first-order chi connectivity index (χ1) is 11.5. The number of benzene rings is 1. The van der Waals surface area contributed by atoms with Gasteiger partial charge in [0.05, 0.1) is 10.3 Å². The molecule has 1 aromatic carbocycles. The minimum Gasteiger partial charge on any atom is -0.278 e. The molecule has 2 amide bonds. The van der Waals surface area contributed by atoms with Gasteiger partial charge in [0.2, 0.25) is 11.8 Å². The number of hydrogen-bond donors (Lipinski definition) is 0. The van der Waals surface area contributed by atoms with Gasteiger partial charge in [-0.25, -0.2) is 0 Å². The lowest BCUT2D eigenvalue weighted by molar-refractivity contribution is -0.384. The molecule has 0 spiro atoms. The number of non-ortho nitro benzene ring substituents is 1. The smallest absolute Gasteiger partial charge is 0.269 e. The van der Waals surface area contributed by atoms with Gasteiger partial charge in [0.25, 0.3) is 5.69 Å². The molecule has 4 fully saturated rings. The number of carbonyl (C=O) groups excluding carboxylic acids is 2. The molecule has 0 unspecified atom stereocenters. The number of nitro groups is 1. The second-order valence-electron chi connectivity index (χ2n) is 7.30. The van der Waals surface area contributed by atoms with Crippen molar-refractivity contribution < 1.29 is 14.5 Å². The Hall–Kier alpha value is -2.24.